The lowest BCUT2D eigenvalue weighted by molar-refractivity contribution is 0.472. The van der Waals surface area contributed by atoms with Gasteiger partial charge >= 0.3 is 0 Å². The zero-order valence-electron chi connectivity index (χ0n) is 13.0. The van der Waals surface area contributed by atoms with Crippen molar-refractivity contribution in [3.63, 3.8) is 0 Å². The van der Waals surface area contributed by atoms with Crippen molar-refractivity contribution in [2.24, 2.45) is 0 Å². The standard InChI is InChI=1S/C17H20ClNO2S/c1-13-11-14(2)17(18)16(12-13)22(20,21)19(3)10-9-15-7-5-4-6-8-15/h4-8,11-12H,9-10H2,1-3H3. The Morgan fingerprint density at radius 2 is 1.73 bits per heavy atom. The van der Waals surface area contributed by atoms with Gasteiger partial charge in [-0.1, -0.05) is 48.0 Å². The first-order chi connectivity index (χ1) is 10.3. The Kier molecular flexibility index (Phi) is 5.27. The summed E-state index contributed by atoms with van der Waals surface area (Å²) < 4.78 is 26.8. The van der Waals surface area contributed by atoms with Crippen molar-refractivity contribution in [3.05, 3.63) is 64.2 Å². The fraction of sp³-hybridized carbons (Fsp3) is 0.294. The Morgan fingerprint density at radius 3 is 2.36 bits per heavy atom. The Morgan fingerprint density at radius 1 is 1.09 bits per heavy atom. The van der Waals surface area contributed by atoms with Gasteiger partial charge in [0.15, 0.2) is 0 Å². The molecule has 3 nitrogen and oxygen atoms in total. The molecule has 0 fully saturated rings. The van der Waals surface area contributed by atoms with Gasteiger partial charge in [-0.05, 0) is 43.0 Å². The molecule has 0 spiro atoms. The van der Waals surface area contributed by atoms with Crippen LogP contribution in [0.2, 0.25) is 5.02 Å². The number of nitrogens with zero attached hydrogens (tertiary/aromatic N) is 1. The number of rotatable bonds is 5. The summed E-state index contributed by atoms with van der Waals surface area (Å²) in [5.41, 5.74) is 2.77. The van der Waals surface area contributed by atoms with Crippen LogP contribution in [0.4, 0.5) is 0 Å². The van der Waals surface area contributed by atoms with Crippen LogP contribution in [0.3, 0.4) is 0 Å². The van der Waals surface area contributed by atoms with Crippen LogP contribution in [0.1, 0.15) is 16.7 Å². The zero-order valence-corrected chi connectivity index (χ0v) is 14.6. The summed E-state index contributed by atoms with van der Waals surface area (Å²) in [6, 6.07) is 13.3. The highest BCUT2D eigenvalue weighted by Gasteiger charge is 2.24. The van der Waals surface area contributed by atoms with Gasteiger partial charge in [-0.15, -0.1) is 0 Å². The monoisotopic (exact) mass is 337 g/mol. The van der Waals surface area contributed by atoms with Crippen LogP contribution in [0.25, 0.3) is 0 Å². The fourth-order valence-electron chi connectivity index (χ4n) is 2.32. The predicted molar refractivity (Wildman–Crippen MR) is 90.9 cm³/mol. The summed E-state index contributed by atoms with van der Waals surface area (Å²) >= 11 is 6.21. The molecule has 22 heavy (non-hydrogen) atoms. The van der Waals surface area contributed by atoms with Crippen molar-refractivity contribution in [2.75, 3.05) is 13.6 Å². The Balaban J connectivity index is 2.23. The van der Waals surface area contributed by atoms with E-state index >= 15 is 0 Å². The van der Waals surface area contributed by atoms with Gasteiger partial charge in [0.2, 0.25) is 10.0 Å². The number of benzene rings is 2. The quantitative estimate of drug-likeness (QED) is 0.831. The highest BCUT2D eigenvalue weighted by atomic mass is 35.5. The number of halogens is 1. The van der Waals surface area contributed by atoms with E-state index in [2.05, 4.69) is 0 Å². The summed E-state index contributed by atoms with van der Waals surface area (Å²) in [5.74, 6) is 0. The maximum Gasteiger partial charge on any atom is 0.244 e. The minimum Gasteiger partial charge on any atom is -0.207 e. The van der Waals surface area contributed by atoms with Gasteiger partial charge in [0.1, 0.15) is 4.90 Å². The molecule has 0 aliphatic rings. The molecule has 0 radical (unpaired) electrons. The highest BCUT2D eigenvalue weighted by molar-refractivity contribution is 7.89. The molecule has 0 aliphatic heterocycles. The summed E-state index contributed by atoms with van der Waals surface area (Å²) in [6.07, 6.45) is 0.666. The lowest BCUT2D eigenvalue weighted by Crippen LogP contribution is -2.29. The first-order valence-electron chi connectivity index (χ1n) is 7.09. The van der Waals surface area contributed by atoms with Crippen molar-refractivity contribution in [1.29, 1.82) is 0 Å². The van der Waals surface area contributed by atoms with E-state index in [-0.39, 0.29) is 4.90 Å². The second-order valence-electron chi connectivity index (χ2n) is 5.46. The molecular weight excluding hydrogens is 318 g/mol. The van der Waals surface area contributed by atoms with Crippen LogP contribution in [0.5, 0.6) is 0 Å². The molecule has 0 amide bonds. The Bertz CT molecular complexity index is 758. The molecule has 0 saturated carbocycles. The minimum atomic E-state index is -3.58. The van der Waals surface area contributed by atoms with Gasteiger partial charge in [0.05, 0.1) is 5.02 Å². The molecule has 118 valence electrons. The zero-order chi connectivity index (χ0) is 16.3. The molecule has 5 heteroatoms. The van der Waals surface area contributed by atoms with Gasteiger partial charge in [-0.3, -0.25) is 0 Å². The molecule has 0 unspecified atom stereocenters. The highest BCUT2D eigenvalue weighted by Crippen LogP contribution is 2.28. The first kappa shape index (κ1) is 17.0. The van der Waals surface area contributed by atoms with Gasteiger partial charge < -0.3 is 0 Å². The first-order valence-corrected chi connectivity index (χ1v) is 8.91. The van der Waals surface area contributed by atoms with Crippen molar-refractivity contribution >= 4 is 21.6 Å². The van der Waals surface area contributed by atoms with E-state index in [1.165, 1.54) is 4.31 Å². The van der Waals surface area contributed by atoms with Crippen LogP contribution in [-0.4, -0.2) is 26.3 Å². The fourth-order valence-corrected chi connectivity index (χ4v) is 4.11. The van der Waals surface area contributed by atoms with Gasteiger partial charge in [0.25, 0.3) is 0 Å². The molecular formula is C17H20ClNO2S. The van der Waals surface area contributed by atoms with E-state index < -0.39 is 10.0 Å². The van der Waals surface area contributed by atoms with Crippen LogP contribution >= 0.6 is 11.6 Å². The van der Waals surface area contributed by atoms with E-state index in [4.69, 9.17) is 11.6 Å². The number of sulfonamides is 1. The largest absolute Gasteiger partial charge is 0.244 e. The average Bonchev–Trinajstić information content (AvgIpc) is 2.49. The number of hydrogen-bond acceptors (Lipinski definition) is 2. The van der Waals surface area contributed by atoms with E-state index in [0.29, 0.717) is 18.0 Å². The molecule has 2 rings (SSSR count). The summed E-state index contributed by atoms with van der Waals surface area (Å²) in [4.78, 5) is 0.183. The lowest BCUT2D eigenvalue weighted by atomic mass is 10.1. The predicted octanol–water partition coefficient (Wildman–Crippen LogP) is 3.82. The SMILES string of the molecule is Cc1cc(C)c(Cl)c(S(=O)(=O)N(C)CCc2ccccc2)c1. The molecule has 0 heterocycles. The van der Waals surface area contributed by atoms with Crippen molar-refractivity contribution < 1.29 is 8.42 Å². The van der Waals surface area contributed by atoms with Crippen LogP contribution in [0, 0.1) is 13.8 Å². The third kappa shape index (κ3) is 3.69. The van der Waals surface area contributed by atoms with Gasteiger partial charge in [-0.25, -0.2) is 12.7 Å². The second kappa shape index (κ2) is 6.82. The van der Waals surface area contributed by atoms with Crippen molar-refractivity contribution in [3.8, 4) is 0 Å². The van der Waals surface area contributed by atoms with Crippen LogP contribution in [-0.2, 0) is 16.4 Å². The minimum absolute atomic E-state index is 0.183. The molecule has 0 bridgehead atoms. The topological polar surface area (TPSA) is 37.4 Å². The van der Waals surface area contributed by atoms with E-state index in [1.54, 1.807) is 13.1 Å². The molecule has 2 aromatic rings. The maximum absolute atomic E-state index is 12.7. The summed E-state index contributed by atoms with van der Waals surface area (Å²) in [6.45, 7) is 4.10. The molecule has 2 aromatic carbocycles. The average molecular weight is 338 g/mol. The van der Waals surface area contributed by atoms with E-state index in [0.717, 1.165) is 16.7 Å². The van der Waals surface area contributed by atoms with Gasteiger partial charge in [-0.2, -0.15) is 0 Å². The van der Waals surface area contributed by atoms with E-state index in [9.17, 15) is 8.42 Å². The van der Waals surface area contributed by atoms with Crippen LogP contribution in [0.15, 0.2) is 47.4 Å². The van der Waals surface area contributed by atoms with Gasteiger partial charge in [0, 0.05) is 13.6 Å². The lowest BCUT2D eigenvalue weighted by Gasteiger charge is -2.19. The molecule has 0 N–H and O–H groups in total. The third-order valence-electron chi connectivity index (χ3n) is 3.61. The maximum atomic E-state index is 12.7. The van der Waals surface area contributed by atoms with Crippen molar-refractivity contribution in [1.82, 2.24) is 4.31 Å². The second-order valence-corrected chi connectivity index (χ2v) is 7.85. The number of aryl methyl sites for hydroxylation is 2. The third-order valence-corrected chi connectivity index (χ3v) is 6.11. The number of hydrogen-bond donors (Lipinski definition) is 0. The summed E-state index contributed by atoms with van der Waals surface area (Å²) in [5, 5.41) is 0.303. The Hall–Kier alpha value is -1.36. The number of likely N-dealkylation sites (N-methyl/N-ethyl adjacent to an activating group) is 1. The van der Waals surface area contributed by atoms with E-state index in [1.807, 2.05) is 50.2 Å². The normalized spacial score (nSPS) is 11.9. The summed E-state index contributed by atoms with van der Waals surface area (Å²) in [7, 11) is -1.99. The molecule has 0 saturated heterocycles. The molecule has 0 atom stereocenters. The smallest absolute Gasteiger partial charge is 0.207 e. The van der Waals surface area contributed by atoms with Crippen LogP contribution < -0.4 is 0 Å². The molecule has 0 aromatic heterocycles. The molecule has 0 aliphatic carbocycles. The van der Waals surface area contributed by atoms with Crippen molar-refractivity contribution in [2.45, 2.75) is 25.2 Å². The Labute approximate surface area is 137 Å².